The second kappa shape index (κ2) is 14.3. The first-order valence-electron chi connectivity index (χ1n) is 13.8. The van der Waals surface area contributed by atoms with Gasteiger partial charge in [0.25, 0.3) is 5.91 Å². The molecule has 0 heterocycles. The van der Waals surface area contributed by atoms with Crippen LogP contribution in [0.4, 0.5) is 0 Å². The molecule has 3 atom stereocenters. The molecule has 1 aliphatic rings. The molecule has 1 saturated carbocycles. The summed E-state index contributed by atoms with van der Waals surface area (Å²) in [5, 5.41) is 9.66. The van der Waals surface area contributed by atoms with E-state index < -0.39 is 6.04 Å². The summed E-state index contributed by atoms with van der Waals surface area (Å²) < 4.78 is 0. The molecule has 3 N–H and O–H groups in total. The zero-order valence-electron chi connectivity index (χ0n) is 23.3. The van der Waals surface area contributed by atoms with Crippen LogP contribution in [0.1, 0.15) is 79.4 Å². The Balaban J connectivity index is 0.00000420. The van der Waals surface area contributed by atoms with E-state index in [2.05, 4.69) is 67.1 Å². The Labute approximate surface area is 239 Å². The molecule has 1 unspecified atom stereocenters. The third kappa shape index (κ3) is 9.22. The smallest absolute Gasteiger partial charge is 0.251 e. The van der Waals surface area contributed by atoms with Crippen LogP contribution < -0.4 is 16.0 Å². The molecule has 0 saturated heterocycles. The van der Waals surface area contributed by atoms with E-state index in [9.17, 15) is 9.59 Å². The minimum Gasteiger partial charge on any atom is -0.350 e. The van der Waals surface area contributed by atoms with Gasteiger partial charge in [-0.25, -0.2) is 0 Å². The first-order chi connectivity index (χ1) is 18.3. The summed E-state index contributed by atoms with van der Waals surface area (Å²) in [5.41, 5.74) is 4.19. The molecule has 0 aromatic heterocycles. The average Bonchev–Trinajstić information content (AvgIpc) is 3.71. The molecule has 6 heteroatoms. The van der Waals surface area contributed by atoms with E-state index in [-0.39, 0.29) is 29.6 Å². The number of rotatable bonds is 12. The molecule has 208 valence electrons. The van der Waals surface area contributed by atoms with Crippen molar-refractivity contribution in [2.24, 2.45) is 0 Å². The van der Waals surface area contributed by atoms with E-state index in [0.29, 0.717) is 30.5 Å². The highest BCUT2D eigenvalue weighted by Crippen LogP contribution is 2.40. The van der Waals surface area contributed by atoms with Crippen LogP contribution >= 0.6 is 12.4 Å². The summed E-state index contributed by atoms with van der Waals surface area (Å²) in [6.07, 6.45) is 3.58. The van der Waals surface area contributed by atoms with Gasteiger partial charge in [-0.1, -0.05) is 93.6 Å². The minimum atomic E-state index is -0.577. The highest BCUT2D eigenvalue weighted by Gasteiger charge is 2.37. The van der Waals surface area contributed by atoms with Crippen LogP contribution in [0.15, 0.2) is 84.9 Å². The zero-order valence-corrected chi connectivity index (χ0v) is 24.1. The second-order valence-corrected chi connectivity index (χ2v) is 11.4. The molecule has 0 radical (unpaired) electrons. The maximum absolute atomic E-state index is 13.1. The molecule has 3 aromatic carbocycles. The van der Waals surface area contributed by atoms with Crippen LogP contribution in [-0.4, -0.2) is 30.4 Å². The number of amides is 2. The topological polar surface area (TPSA) is 70.2 Å². The van der Waals surface area contributed by atoms with Crippen LogP contribution in [0.2, 0.25) is 0 Å². The Morgan fingerprint density at radius 2 is 1.51 bits per heavy atom. The molecule has 39 heavy (non-hydrogen) atoms. The maximum atomic E-state index is 13.1. The van der Waals surface area contributed by atoms with Crippen molar-refractivity contribution in [2.45, 2.75) is 76.4 Å². The van der Waals surface area contributed by atoms with E-state index in [1.54, 1.807) is 0 Å². The predicted molar refractivity (Wildman–Crippen MR) is 161 cm³/mol. The van der Waals surface area contributed by atoms with Crippen molar-refractivity contribution < 1.29 is 9.59 Å². The third-order valence-corrected chi connectivity index (χ3v) is 7.29. The molecule has 0 aliphatic heterocycles. The van der Waals surface area contributed by atoms with Crippen LogP contribution in [0.5, 0.6) is 0 Å². The Bertz CT molecular complexity index is 1180. The Morgan fingerprint density at radius 3 is 2.15 bits per heavy atom. The lowest BCUT2D eigenvalue weighted by atomic mass is 9.86. The van der Waals surface area contributed by atoms with Gasteiger partial charge in [0.15, 0.2) is 0 Å². The Kier molecular flexibility index (Phi) is 11.1. The van der Waals surface area contributed by atoms with Gasteiger partial charge in [0.05, 0.1) is 0 Å². The van der Waals surface area contributed by atoms with Gasteiger partial charge in [-0.15, -0.1) is 12.4 Å². The number of carbonyl (C=O) groups is 2. The second-order valence-electron chi connectivity index (χ2n) is 11.4. The fraction of sp³-hybridized carbons (Fsp3) is 0.394. The van der Waals surface area contributed by atoms with Gasteiger partial charge in [0.1, 0.15) is 6.04 Å². The van der Waals surface area contributed by atoms with Gasteiger partial charge in [0, 0.05) is 24.1 Å². The van der Waals surface area contributed by atoms with E-state index in [1.165, 1.54) is 17.5 Å². The number of hydrogen-bond donors (Lipinski definition) is 3. The van der Waals surface area contributed by atoms with Gasteiger partial charge >= 0.3 is 0 Å². The summed E-state index contributed by atoms with van der Waals surface area (Å²) in [7, 11) is 0. The number of benzene rings is 3. The van der Waals surface area contributed by atoms with Crippen molar-refractivity contribution in [3.63, 3.8) is 0 Å². The summed E-state index contributed by atoms with van der Waals surface area (Å²) in [5.74, 6) is 0.247. The molecule has 0 spiro atoms. The lowest BCUT2D eigenvalue weighted by molar-refractivity contribution is -0.123. The normalized spacial score (nSPS) is 17.0. The van der Waals surface area contributed by atoms with Gasteiger partial charge in [-0.2, -0.15) is 0 Å². The van der Waals surface area contributed by atoms with Crippen LogP contribution in [0, 0.1) is 0 Å². The molecule has 0 bridgehead atoms. The summed E-state index contributed by atoms with van der Waals surface area (Å²) in [6, 6.07) is 28.1. The summed E-state index contributed by atoms with van der Waals surface area (Å²) >= 11 is 0. The first kappa shape index (κ1) is 30.4. The van der Waals surface area contributed by atoms with E-state index in [4.69, 9.17) is 0 Å². The monoisotopic (exact) mass is 547 g/mol. The van der Waals surface area contributed by atoms with Crippen molar-refractivity contribution in [1.29, 1.82) is 0 Å². The summed E-state index contributed by atoms with van der Waals surface area (Å²) in [4.78, 5) is 26.2. The van der Waals surface area contributed by atoms with E-state index in [0.717, 1.165) is 24.9 Å². The largest absolute Gasteiger partial charge is 0.350 e. The quantitative estimate of drug-likeness (QED) is 0.239. The number of unbranched alkanes of at least 4 members (excludes halogenated alkanes) is 1. The highest BCUT2D eigenvalue weighted by atomic mass is 35.5. The van der Waals surface area contributed by atoms with E-state index >= 15 is 0 Å². The molecule has 4 rings (SSSR count). The van der Waals surface area contributed by atoms with Crippen LogP contribution in [0.3, 0.4) is 0 Å². The SMILES string of the molecule is CC(C)(C)c1ccc(C(=O)NC(CCCCN[C@@H]2C[C@H]2c2ccccc2)C(=O)NCc2ccccc2)cc1.Cl. The van der Waals surface area contributed by atoms with Crippen molar-refractivity contribution in [3.8, 4) is 0 Å². The summed E-state index contributed by atoms with van der Waals surface area (Å²) in [6.45, 7) is 7.80. The molecule has 1 aliphatic carbocycles. The molecule has 1 fully saturated rings. The van der Waals surface area contributed by atoms with Crippen molar-refractivity contribution in [2.75, 3.05) is 6.54 Å². The molecular formula is C33H42ClN3O2. The number of nitrogens with one attached hydrogen (secondary N) is 3. The average molecular weight is 548 g/mol. The van der Waals surface area contributed by atoms with Gasteiger partial charge in [-0.05, 0) is 66.5 Å². The van der Waals surface area contributed by atoms with Crippen LogP contribution in [-0.2, 0) is 16.8 Å². The van der Waals surface area contributed by atoms with Crippen molar-refractivity contribution in [3.05, 3.63) is 107 Å². The zero-order chi connectivity index (χ0) is 27.0. The Hall–Kier alpha value is -3.15. The number of halogens is 1. The fourth-order valence-corrected chi connectivity index (χ4v) is 4.79. The lowest BCUT2D eigenvalue weighted by Gasteiger charge is -2.20. The highest BCUT2D eigenvalue weighted by molar-refractivity contribution is 5.97. The predicted octanol–water partition coefficient (Wildman–Crippen LogP) is 6.14. The van der Waals surface area contributed by atoms with Gasteiger partial charge < -0.3 is 16.0 Å². The minimum absolute atomic E-state index is 0. The molecule has 2 amide bonds. The van der Waals surface area contributed by atoms with E-state index in [1.807, 2.05) is 54.6 Å². The van der Waals surface area contributed by atoms with Crippen molar-refractivity contribution >= 4 is 24.2 Å². The number of carbonyl (C=O) groups excluding carboxylic acids is 2. The fourth-order valence-electron chi connectivity index (χ4n) is 4.79. The maximum Gasteiger partial charge on any atom is 0.251 e. The van der Waals surface area contributed by atoms with Crippen LogP contribution in [0.25, 0.3) is 0 Å². The molecule has 5 nitrogen and oxygen atoms in total. The molecule has 3 aromatic rings. The standard InChI is InChI=1S/C33H41N3O2.ClH/c1-33(2,3)27-19-17-26(18-20-27)31(37)36-29(32(38)35-23-24-12-6-4-7-13-24)16-10-11-21-34-30-22-28(30)25-14-8-5-9-15-25;/h4-9,12-15,17-20,28-30,34H,10-11,16,21-23H2,1-3H3,(H,35,38)(H,36,37);1H/t28-,29?,30+;/m0./s1. The third-order valence-electron chi connectivity index (χ3n) is 7.29. The first-order valence-corrected chi connectivity index (χ1v) is 13.8. The molecular weight excluding hydrogens is 506 g/mol. The van der Waals surface area contributed by atoms with Gasteiger partial charge in [0.2, 0.25) is 5.91 Å². The van der Waals surface area contributed by atoms with Gasteiger partial charge in [-0.3, -0.25) is 9.59 Å². The Morgan fingerprint density at radius 1 is 0.872 bits per heavy atom. The number of hydrogen-bond acceptors (Lipinski definition) is 3. The lowest BCUT2D eigenvalue weighted by Crippen LogP contribution is -2.46. The van der Waals surface area contributed by atoms with Crippen molar-refractivity contribution in [1.82, 2.24) is 16.0 Å².